The van der Waals surface area contributed by atoms with Crippen LogP contribution in [0.4, 0.5) is 0 Å². The fraction of sp³-hybridized carbons (Fsp3) is 0.536. The minimum atomic E-state index is -1.86. The van der Waals surface area contributed by atoms with E-state index in [1.54, 1.807) is 68.6 Å². The lowest BCUT2D eigenvalue weighted by molar-refractivity contribution is -0.142. The summed E-state index contributed by atoms with van der Waals surface area (Å²) in [4.78, 5) is 147. The van der Waals surface area contributed by atoms with Crippen molar-refractivity contribution in [3.63, 3.8) is 0 Å². The van der Waals surface area contributed by atoms with Crippen molar-refractivity contribution in [2.24, 2.45) is 56.2 Å². The number of carboxylic acids is 1. The van der Waals surface area contributed by atoms with E-state index in [0.29, 0.717) is 16.5 Å². The van der Waals surface area contributed by atoms with Crippen LogP contribution in [0.25, 0.3) is 10.9 Å². The van der Waals surface area contributed by atoms with Crippen molar-refractivity contribution in [1.82, 2.24) is 47.5 Å². The maximum absolute atomic E-state index is 14.5. The van der Waals surface area contributed by atoms with Gasteiger partial charge in [0, 0.05) is 43.0 Å². The van der Waals surface area contributed by atoms with E-state index < -0.39 is 139 Å². The topological polar surface area (TPSA) is 524 Å². The molecule has 0 aliphatic carbocycles. The number of hydrogen-bond acceptors (Lipinski definition) is 15. The maximum atomic E-state index is 14.5. The predicted octanol–water partition coefficient (Wildman–Crippen LogP) is -3.92. The number of guanidine groups is 2. The zero-order valence-electron chi connectivity index (χ0n) is 49.2. The lowest BCUT2D eigenvalue weighted by Gasteiger charge is -2.29. The van der Waals surface area contributed by atoms with Crippen LogP contribution < -0.4 is 76.9 Å². The summed E-state index contributed by atoms with van der Waals surface area (Å²) >= 11 is 0. The van der Waals surface area contributed by atoms with Gasteiger partial charge in [-0.3, -0.25) is 53.1 Å². The third-order valence-electron chi connectivity index (χ3n) is 13.4. The highest BCUT2D eigenvalue weighted by Crippen LogP contribution is 2.20. The van der Waals surface area contributed by atoms with Gasteiger partial charge in [0.1, 0.15) is 48.3 Å². The normalized spacial score (nSPS) is 14.7. The van der Waals surface area contributed by atoms with Gasteiger partial charge in [-0.1, -0.05) is 76.2 Å². The minimum Gasteiger partial charge on any atom is -0.480 e. The number of hydrogen-bond donors (Lipinski definition) is 18. The average Bonchev–Trinajstić information content (AvgIpc) is 2.83. The molecule has 0 saturated carbocycles. The van der Waals surface area contributed by atoms with Gasteiger partial charge in [-0.05, 0) is 87.3 Å². The molecule has 0 unspecified atom stereocenters. The van der Waals surface area contributed by atoms with Gasteiger partial charge in [0.05, 0.1) is 18.8 Å². The highest BCUT2D eigenvalue weighted by molar-refractivity contribution is 5.99. The van der Waals surface area contributed by atoms with E-state index >= 15 is 0 Å². The third kappa shape index (κ3) is 25.1. The predicted molar refractivity (Wildman–Crippen MR) is 319 cm³/mol. The fourth-order valence-corrected chi connectivity index (χ4v) is 8.94. The number of carbonyl (C=O) groups is 10. The van der Waals surface area contributed by atoms with Crippen LogP contribution in [-0.2, 0) is 60.8 Å². The molecule has 0 aliphatic rings. The van der Waals surface area contributed by atoms with Crippen molar-refractivity contribution in [2.45, 2.75) is 159 Å². The number of benzene rings is 2. The molecule has 3 rings (SSSR count). The first-order valence-corrected chi connectivity index (χ1v) is 28.3. The fourth-order valence-electron chi connectivity index (χ4n) is 8.94. The van der Waals surface area contributed by atoms with Gasteiger partial charge in [0.2, 0.25) is 53.2 Å². The molecule has 0 radical (unpaired) electrons. The lowest BCUT2D eigenvalue weighted by atomic mass is 9.99. The lowest BCUT2D eigenvalue weighted by Crippen LogP contribution is -2.62. The molecule has 30 nitrogen and oxygen atoms in total. The number of nitrogens with two attached hydrogens (primary N) is 6. The van der Waals surface area contributed by atoms with Crippen LogP contribution in [0.5, 0.6) is 0 Å². The Morgan fingerprint density at radius 3 is 1.49 bits per heavy atom. The van der Waals surface area contributed by atoms with Crippen molar-refractivity contribution in [1.29, 1.82) is 0 Å². The second kappa shape index (κ2) is 36.1. The number of rotatable bonds is 38. The maximum Gasteiger partial charge on any atom is 0.326 e. The summed E-state index contributed by atoms with van der Waals surface area (Å²) in [5.41, 5.74) is 35.4. The smallest absolute Gasteiger partial charge is 0.326 e. The van der Waals surface area contributed by atoms with Gasteiger partial charge in [-0.15, -0.1) is 0 Å². The molecule has 0 fully saturated rings. The quantitative estimate of drug-likeness (QED) is 0.0148. The summed E-state index contributed by atoms with van der Waals surface area (Å²) < 4.78 is 0. The molecule has 0 saturated heterocycles. The molecule has 1 aromatic heterocycles. The first-order chi connectivity index (χ1) is 40.6. The van der Waals surface area contributed by atoms with E-state index in [1.165, 1.54) is 0 Å². The van der Waals surface area contributed by atoms with E-state index in [9.17, 15) is 63.3 Å². The molecule has 10 atom stereocenters. The second-order valence-corrected chi connectivity index (χ2v) is 21.7. The van der Waals surface area contributed by atoms with Crippen LogP contribution in [0.2, 0.25) is 0 Å². The Balaban J connectivity index is 1.88. The van der Waals surface area contributed by atoms with Crippen molar-refractivity contribution >= 4 is 82.0 Å². The highest BCUT2D eigenvalue weighted by Gasteiger charge is 2.37. The number of fused-ring (bicyclic) bond motifs is 1. The van der Waals surface area contributed by atoms with Crippen LogP contribution in [0.1, 0.15) is 97.1 Å². The standard InChI is InChI=1S/C56H87N17O13/c1-29(2)23-40(69-46(77)35(57)25-32-13-7-6-8-14-32)50(81)71-42(26-33-27-65-36-16-10-9-15-34(33)36)51(82)73-45(31(5)75)53(84)67-38(19-20-44(58)76)48(79)72-43(28-74)52(83)70-41(24-30(3)4)49(80)66-37(17-11-21-63-55(59)60)47(78)68-39(54(85)86)18-12-22-64-56(61)62/h6-10,13-16,27,29-31,35,37-43,45,65,74-75H,11-12,17-26,28,57H2,1-5H3,(H2,58,76)(H,66,80)(H,67,84)(H,68,78)(H,69,77)(H,70,83)(H,71,81)(H,72,79)(H,73,82)(H,85,86)(H4,59,60,63)(H4,61,62,64)/t31-,35+,37+,38+,39+,40+,41+,42+,43+,45+/m1/s1. The molecule has 86 heavy (non-hydrogen) atoms. The number of nitrogens with one attached hydrogen (secondary N) is 9. The van der Waals surface area contributed by atoms with Crippen molar-refractivity contribution in [2.75, 3.05) is 19.7 Å². The Hall–Kier alpha value is -8.90. The van der Waals surface area contributed by atoms with Gasteiger partial charge < -0.3 is 97.2 Å². The zero-order valence-corrected chi connectivity index (χ0v) is 49.2. The number of aromatic nitrogens is 1. The Morgan fingerprint density at radius 1 is 0.523 bits per heavy atom. The summed E-state index contributed by atoms with van der Waals surface area (Å²) in [5, 5.41) is 52.1. The van der Waals surface area contributed by atoms with E-state index in [0.717, 1.165) is 12.5 Å². The number of aliphatic carboxylic acids is 1. The molecule has 0 spiro atoms. The Bertz CT molecular complexity index is 2820. The van der Waals surface area contributed by atoms with E-state index in [1.807, 2.05) is 19.9 Å². The average molecular weight is 1210 g/mol. The Kier molecular flexibility index (Phi) is 29.9. The summed E-state index contributed by atoms with van der Waals surface area (Å²) in [7, 11) is 0. The monoisotopic (exact) mass is 1210 g/mol. The molecule has 24 N–H and O–H groups in total. The summed E-state index contributed by atoms with van der Waals surface area (Å²) in [5.74, 6) is -10.8. The zero-order chi connectivity index (χ0) is 64.2. The molecule has 30 heteroatoms. The molecular weight excluding hydrogens is 1120 g/mol. The van der Waals surface area contributed by atoms with Crippen molar-refractivity contribution in [3.05, 3.63) is 71.9 Å². The third-order valence-corrected chi connectivity index (χ3v) is 13.4. The number of amides is 9. The molecule has 3 aromatic rings. The van der Waals surface area contributed by atoms with Gasteiger partial charge >= 0.3 is 5.97 Å². The van der Waals surface area contributed by atoms with Gasteiger partial charge in [0.25, 0.3) is 0 Å². The van der Waals surface area contributed by atoms with Gasteiger partial charge in [-0.25, -0.2) is 4.79 Å². The number of carbonyl (C=O) groups excluding carboxylic acids is 9. The molecule has 1 heterocycles. The molecule has 0 aliphatic heterocycles. The van der Waals surface area contributed by atoms with Crippen LogP contribution in [0.3, 0.4) is 0 Å². The van der Waals surface area contributed by atoms with Crippen LogP contribution in [-0.4, -0.2) is 172 Å². The SMILES string of the molecule is CC(C)C[C@H](NC(=O)[C@H](CO)NC(=O)[C@H](CCC(N)=O)NC(=O)[C@@H](NC(=O)[C@H](Cc1c[nH]c2ccccc12)NC(=O)[C@H](CC(C)C)NC(=O)[C@@H](N)Cc1ccccc1)[C@@H](C)O)C(=O)N[C@@H](CCCN=C(N)N)C(=O)N[C@@H](CCCN=C(N)N)C(=O)O. The number of H-pyrrole nitrogens is 1. The largest absolute Gasteiger partial charge is 0.480 e. The number of aliphatic imine (C=N–C) groups is 2. The number of nitrogens with zero attached hydrogens (tertiary/aromatic N) is 2. The molecule has 9 amide bonds. The number of carboxylic acid groups (broad SMARTS) is 1. The van der Waals surface area contributed by atoms with E-state index in [-0.39, 0.29) is 88.2 Å². The first kappa shape index (κ1) is 71.4. The first-order valence-electron chi connectivity index (χ1n) is 28.3. The van der Waals surface area contributed by atoms with Gasteiger partial charge in [0.15, 0.2) is 11.9 Å². The van der Waals surface area contributed by atoms with E-state index in [2.05, 4.69) is 57.5 Å². The summed E-state index contributed by atoms with van der Waals surface area (Å²) in [6.45, 7) is 7.23. The Morgan fingerprint density at radius 2 is 0.965 bits per heavy atom. The second-order valence-electron chi connectivity index (χ2n) is 21.7. The molecular formula is C56H87N17O13. The number of para-hydroxylation sites is 1. The van der Waals surface area contributed by atoms with Crippen molar-refractivity contribution in [3.8, 4) is 0 Å². The minimum absolute atomic E-state index is 0.0178. The van der Waals surface area contributed by atoms with Crippen LogP contribution in [0.15, 0.2) is 70.8 Å². The number of primary amides is 1. The van der Waals surface area contributed by atoms with Crippen LogP contribution in [0, 0.1) is 11.8 Å². The highest BCUT2D eigenvalue weighted by atomic mass is 16.4. The molecule has 0 bridgehead atoms. The molecule has 474 valence electrons. The molecule has 2 aromatic carbocycles. The van der Waals surface area contributed by atoms with E-state index in [4.69, 9.17) is 34.4 Å². The number of aromatic amines is 1. The van der Waals surface area contributed by atoms with Crippen LogP contribution >= 0.6 is 0 Å². The number of aliphatic hydroxyl groups is 2. The summed E-state index contributed by atoms with van der Waals surface area (Å²) in [6.07, 6.45) is -0.950. The Labute approximate surface area is 498 Å². The van der Waals surface area contributed by atoms with Gasteiger partial charge in [-0.2, -0.15) is 0 Å². The summed E-state index contributed by atoms with van der Waals surface area (Å²) in [6, 6.07) is 2.76. The number of aliphatic hydroxyl groups excluding tert-OH is 2. The van der Waals surface area contributed by atoms with Crippen molar-refractivity contribution < 1.29 is 63.3 Å².